The quantitative estimate of drug-likeness (QED) is 0.900. The summed E-state index contributed by atoms with van der Waals surface area (Å²) in [5.41, 5.74) is 1.20. The summed E-state index contributed by atoms with van der Waals surface area (Å²) in [6, 6.07) is 1.24. The van der Waals surface area contributed by atoms with Gasteiger partial charge in [-0.05, 0) is 25.7 Å². The van der Waals surface area contributed by atoms with Gasteiger partial charge >= 0.3 is 0 Å². The molecule has 2 heterocycles. The average Bonchev–Trinajstić information content (AvgIpc) is 2.76. The Labute approximate surface area is 134 Å². The number of hydrogen-bond acceptors (Lipinski definition) is 4. The first-order valence-corrected chi connectivity index (χ1v) is 9.14. The minimum Gasteiger partial charge on any atom is -0.311 e. The van der Waals surface area contributed by atoms with Gasteiger partial charge in [0, 0.05) is 30.1 Å². The number of hydrogen-bond donors (Lipinski definition) is 1. The third-order valence-electron chi connectivity index (χ3n) is 5.00. The molecule has 4 heteroatoms. The lowest BCUT2D eigenvalue weighted by atomic mass is 9.92. The minimum absolute atomic E-state index is 0.618. The standard InChI is InChI=1S/C17H31N3S/c1-7-12(4)15-9-20(16(8-18-15)11(2)3)10-17-19-13(5)14(6)21-17/h11-12,15-16,18H,7-10H2,1-6H3. The molecular formula is C17H31N3S. The SMILES string of the molecule is CCC(C)C1CN(Cc2nc(C)c(C)s2)C(C(C)C)CN1. The Balaban J connectivity index is 2.10. The molecule has 0 amide bonds. The molecule has 0 radical (unpaired) electrons. The van der Waals surface area contributed by atoms with E-state index in [0.717, 1.165) is 25.6 Å². The highest BCUT2D eigenvalue weighted by Crippen LogP contribution is 2.24. The number of nitrogens with zero attached hydrogens (tertiary/aromatic N) is 2. The van der Waals surface area contributed by atoms with Crippen LogP contribution in [0.25, 0.3) is 0 Å². The molecule has 0 aliphatic carbocycles. The zero-order valence-electron chi connectivity index (χ0n) is 14.4. The highest BCUT2D eigenvalue weighted by atomic mass is 32.1. The van der Waals surface area contributed by atoms with Crippen molar-refractivity contribution in [2.45, 2.75) is 66.6 Å². The van der Waals surface area contributed by atoms with Gasteiger partial charge in [-0.25, -0.2) is 4.98 Å². The Kier molecular flexibility index (Phi) is 5.81. The molecule has 120 valence electrons. The van der Waals surface area contributed by atoms with E-state index in [2.05, 4.69) is 51.8 Å². The molecule has 0 aromatic carbocycles. The maximum absolute atomic E-state index is 4.74. The summed E-state index contributed by atoms with van der Waals surface area (Å²) in [5.74, 6) is 1.41. The van der Waals surface area contributed by atoms with Crippen molar-refractivity contribution >= 4 is 11.3 Å². The molecule has 3 atom stereocenters. The van der Waals surface area contributed by atoms with Crippen molar-refractivity contribution in [1.82, 2.24) is 15.2 Å². The van der Waals surface area contributed by atoms with E-state index < -0.39 is 0 Å². The van der Waals surface area contributed by atoms with E-state index in [1.165, 1.54) is 22.0 Å². The molecule has 0 saturated carbocycles. The summed E-state index contributed by atoms with van der Waals surface area (Å²) in [5, 5.41) is 5.05. The van der Waals surface area contributed by atoms with Gasteiger partial charge in [-0.15, -0.1) is 11.3 Å². The molecule has 3 unspecified atom stereocenters. The van der Waals surface area contributed by atoms with Crippen LogP contribution in [0.5, 0.6) is 0 Å². The van der Waals surface area contributed by atoms with E-state index >= 15 is 0 Å². The normalized spacial score (nSPS) is 25.5. The monoisotopic (exact) mass is 309 g/mol. The van der Waals surface area contributed by atoms with E-state index in [9.17, 15) is 0 Å². The van der Waals surface area contributed by atoms with Crippen molar-refractivity contribution in [2.75, 3.05) is 13.1 Å². The summed E-state index contributed by atoms with van der Waals surface area (Å²) >= 11 is 1.86. The number of thiazole rings is 1. The van der Waals surface area contributed by atoms with Gasteiger partial charge in [-0.2, -0.15) is 0 Å². The lowest BCUT2D eigenvalue weighted by molar-refractivity contribution is 0.0752. The number of aromatic nitrogens is 1. The topological polar surface area (TPSA) is 28.2 Å². The number of nitrogens with one attached hydrogen (secondary N) is 1. The molecule has 1 aliphatic heterocycles. The van der Waals surface area contributed by atoms with Gasteiger partial charge in [0.05, 0.1) is 12.2 Å². The van der Waals surface area contributed by atoms with Crippen LogP contribution in [0.1, 0.15) is 49.7 Å². The van der Waals surface area contributed by atoms with Crippen LogP contribution in [0.3, 0.4) is 0 Å². The lowest BCUT2D eigenvalue weighted by Crippen LogP contribution is -2.59. The van der Waals surface area contributed by atoms with Crippen molar-refractivity contribution in [2.24, 2.45) is 11.8 Å². The van der Waals surface area contributed by atoms with Crippen molar-refractivity contribution < 1.29 is 0 Å². The number of aryl methyl sites for hydroxylation is 2. The maximum atomic E-state index is 4.74. The van der Waals surface area contributed by atoms with Crippen LogP contribution >= 0.6 is 11.3 Å². The van der Waals surface area contributed by atoms with Gasteiger partial charge in [-0.3, -0.25) is 4.90 Å². The molecule has 21 heavy (non-hydrogen) atoms. The molecule has 1 fully saturated rings. The summed E-state index contributed by atoms with van der Waals surface area (Å²) in [4.78, 5) is 8.77. The highest BCUT2D eigenvalue weighted by Gasteiger charge is 2.32. The minimum atomic E-state index is 0.618. The van der Waals surface area contributed by atoms with E-state index in [1.54, 1.807) is 0 Å². The summed E-state index contributed by atoms with van der Waals surface area (Å²) in [7, 11) is 0. The Morgan fingerprint density at radius 3 is 2.57 bits per heavy atom. The second kappa shape index (κ2) is 7.21. The molecule has 1 saturated heterocycles. The number of rotatable bonds is 5. The van der Waals surface area contributed by atoms with E-state index in [1.807, 2.05) is 11.3 Å². The van der Waals surface area contributed by atoms with Crippen LogP contribution in [0.15, 0.2) is 0 Å². The van der Waals surface area contributed by atoms with Crippen LogP contribution in [0.4, 0.5) is 0 Å². The zero-order chi connectivity index (χ0) is 15.6. The maximum Gasteiger partial charge on any atom is 0.107 e. The van der Waals surface area contributed by atoms with Crippen LogP contribution in [0, 0.1) is 25.7 Å². The Morgan fingerprint density at radius 2 is 2.05 bits per heavy atom. The second-order valence-corrected chi connectivity index (χ2v) is 8.18. The van der Waals surface area contributed by atoms with Gasteiger partial charge in [0.15, 0.2) is 0 Å². The first-order chi connectivity index (χ1) is 9.92. The van der Waals surface area contributed by atoms with Crippen LogP contribution < -0.4 is 5.32 Å². The van der Waals surface area contributed by atoms with E-state index in [4.69, 9.17) is 4.98 Å². The van der Waals surface area contributed by atoms with Crippen LogP contribution in [-0.4, -0.2) is 35.1 Å². The molecule has 1 N–H and O–H groups in total. The Morgan fingerprint density at radius 1 is 1.33 bits per heavy atom. The molecule has 2 rings (SSSR count). The number of piperazine rings is 1. The lowest BCUT2D eigenvalue weighted by Gasteiger charge is -2.43. The van der Waals surface area contributed by atoms with Crippen LogP contribution in [-0.2, 0) is 6.54 Å². The molecule has 3 nitrogen and oxygen atoms in total. The van der Waals surface area contributed by atoms with Crippen molar-refractivity contribution in [3.05, 3.63) is 15.6 Å². The van der Waals surface area contributed by atoms with Gasteiger partial charge in [0.2, 0.25) is 0 Å². The smallest absolute Gasteiger partial charge is 0.107 e. The molecule has 1 aromatic heterocycles. The van der Waals surface area contributed by atoms with E-state index in [0.29, 0.717) is 18.0 Å². The van der Waals surface area contributed by atoms with Gasteiger partial charge in [-0.1, -0.05) is 34.1 Å². The first kappa shape index (κ1) is 16.9. The summed E-state index contributed by atoms with van der Waals surface area (Å²) in [6.45, 7) is 16.9. The average molecular weight is 310 g/mol. The highest BCUT2D eigenvalue weighted by molar-refractivity contribution is 7.11. The first-order valence-electron chi connectivity index (χ1n) is 8.32. The zero-order valence-corrected chi connectivity index (χ0v) is 15.3. The third kappa shape index (κ3) is 4.05. The molecule has 1 aliphatic rings. The van der Waals surface area contributed by atoms with Crippen molar-refractivity contribution in [3.63, 3.8) is 0 Å². The predicted octanol–water partition coefficient (Wildman–Crippen LogP) is 3.60. The van der Waals surface area contributed by atoms with Crippen molar-refractivity contribution in [3.8, 4) is 0 Å². The van der Waals surface area contributed by atoms with Crippen molar-refractivity contribution in [1.29, 1.82) is 0 Å². The Bertz CT molecular complexity index is 435. The molecule has 1 aromatic rings. The summed E-state index contributed by atoms with van der Waals surface area (Å²) in [6.07, 6.45) is 1.24. The predicted molar refractivity (Wildman–Crippen MR) is 91.9 cm³/mol. The molecule has 0 bridgehead atoms. The molecular weight excluding hydrogens is 278 g/mol. The fraction of sp³-hybridized carbons (Fsp3) is 0.824. The van der Waals surface area contributed by atoms with Crippen LogP contribution in [0.2, 0.25) is 0 Å². The van der Waals surface area contributed by atoms with Gasteiger partial charge < -0.3 is 5.32 Å². The van der Waals surface area contributed by atoms with Gasteiger partial charge in [0.25, 0.3) is 0 Å². The van der Waals surface area contributed by atoms with E-state index in [-0.39, 0.29) is 0 Å². The fourth-order valence-corrected chi connectivity index (χ4v) is 4.10. The van der Waals surface area contributed by atoms with Gasteiger partial charge in [0.1, 0.15) is 5.01 Å². The third-order valence-corrected chi connectivity index (χ3v) is 6.06. The molecule has 0 spiro atoms. The Hall–Kier alpha value is -0.450. The summed E-state index contributed by atoms with van der Waals surface area (Å²) < 4.78 is 0. The second-order valence-electron chi connectivity index (χ2n) is 6.89. The largest absolute Gasteiger partial charge is 0.311 e. The fourth-order valence-electron chi connectivity index (χ4n) is 3.14.